The van der Waals surface area contributed by atoms with Crippen molar-refractivity contribution in [3.8, 4) is 17.2 Å². The molecule has 2 rings (SSSR count). The molecule has 28 heavy (non-hydrogen) atoms. The van der Waals surface area contributed by atoms with Crippen molar-refractivity contribution in [3.05, 3.63) is 53.6 Å². The summed E-state index contributed by atoms with van der Waals surface area (Å²) in [5.41, 5.74) is 4.11. The van der Waals surface area contributed by atoms with Gasteiger partial charge in [0.15, 0.2) is 6.61 Å². The molecular formula is C22H28N2O4. The van der Waals surface area contributed by atoms with Gasteiger partial charge in [-0.05, 0) is 41.7 Å². The van der Waals surface area contributed by atoms with Gasteiger partial charge in [-0.25, -0.2) is 5.43 Å². The second-order valence-corrected chi connectivity index (χ2v) is 7.43. The zero-order valence-electron chi connectivity index (χ0n) is 16.9. The van der Waals surface area contributed by atoms with Crippen molar-refractivity contribution < 1.29 is 19.4 Å². The molecule has 0 unspecified atom stereocenters. The van der Waals surface area contributed by atoms with Crippen LogP contribution in [0.5, 0.6) is 17.2 Å². The largest absolute Gasteiger partial charge is 0.507 e. The van der Waals surface area contributed by atoms with Crippen LogP contribution in [0.25, 0.3) is 0 Å². The van der Waals surface area contributed by atoms with Crippen LogP contribution in [-0.4, -0.2) is 30.4 Å². The normalized spacial score (nSPS) is 11.4. The minimum absolute atomic E-state index is 0.0294. The van der Waals surface area contributed by atoms with Crippen LogP contribution < -0.4 is 14.9 Å². The number of phenolic OH excluding ortho intramolecular Hbond substituents is 1. The summed E-state index contributed by atoms with van der Waals surface area (Å²) in [6.45, 7) is 8.85. The molecule has 2 N–H and O–H groups in total. The monoisotopic (exact) mass is 384 g/mol. The van der Waals surface area contributed by atoms with Gasteiger partial charge in [0.2, 0.25) is 0 Å². The van der Waals surface area contributed by atoms with E-state index in [-0.39, 0.29) is 17.8 Å². The maximum atomic E-state index is 11.9. The number of aromatic hydroxyl groups is 1. The van der Waals surface area contributed by atoms with Crippen molar-refractivity contribution >= 4 is 12.1 Å². The fraction of sp³-hybridized carbons (Fsp3) is 0.364. The number of ether oxygens (including phenoxy) is 2. The smallest absolute Gasteiger partial charge is 0.277 e. The average molecular weight is 384 g/mol. The van der Waals surface area contributed by atoms with Crippen molar-refractivity contribution in [2.45, 2.75) is 39.5 Å². The van der Waals surface area contributed by atoms with Gasteiger partial charge < -0.3 is 14.6 Å². The van der Waals surface area contributed by atoms with E-state index in [1.165, 1.54) is 17.8 Å². The maximum absolute atomic E-state index is 11.9. The van der Waals surface area contributed by atoms with Gasteiger partial charge >= 0.3 is 0 Å². The lowest BCUT2D eigenvalue weighted by Crippen LogP contribution is -2.24. The summed E-state index contributed by atoms with van der Waals surface area (Å²) in [5, 5.41) is 13.8. The van der Waals surface area contributed by atoms with Gasteiger partial charge in [0.05, 0.1) is 12.8 Å². The molecule has 2 aromatic carbocycles. The zero-order valence-corrected chi connectivity index (χ0v) is 16.9. The molecule has 0 aliphatic carbocycles. The maximum Gasteiger partial charge on any atom is 0.277 e. The Morgan fingerprint density at radius 2 is 1.79 bits per heavy atom. The third-order valence-electron chi connectivity index (χ3n) is 3.96. The molecule has 0 bridgehead atoms. The summed E-state index contributed by atoms with van der Waals surface area (Å²) in [5.74, 6) is 0.846. The van der Waals surface area contributed by atoms with E-state index >= 15 is 0 Å². The molecule has 0 fully saturated rings. The lowest BCUT2D eigenvalue weighted by atomic mass is 9.87. The van der Waals surface area contributed by atoms with Crippen molar-refractivity contribution in [1.82, 2.24) is 5.43 Å². The van der Waals surface area contributed by atoms with Gasteiger partial charge in [-0.3, -0.25) is 4.79 Å². The molecule has 0 aromatic heterocycles. The molecule has 6 nitrogen and oxygen atoms in total. The van der Waals surface area contributed by atoms with Gasteiger partial charge in [0, 0.05) is 11.6 Å². The Labute approximate surface area is 166 Å². The van der Waals surface area contributed by atoms with Gasteiger partial charge in [-0.2, -0.15) is 5.10 Å². The summed E-state index contributed by atoms with van der Waals surface area (Å²) in [4.78, 5) is 11.9. The molecule has 1 amide bonds. The Hall–Kier alpha value is -3.02. The quantitative estimate of drug-likeness (QED) is 0.532. The van der Waals surface area contributed by atoms with Gasteiger partial charge in [-0.15, -0.1) is 0 Å². The molecule has 150 valence electrons. The highest BCUT2D eigenvalue weighted by molar-refractivity contribution is 5.85. The van der Waals surface area contributed by atoms with Crippen molar-refractivity contribution in [3.63, 3.8) is 0 Å². The van der Waals surface area contributed by atoms with Crippen LogP contribution in [0.4, 0.5) is 0 Å². The summed E-state index contributed by atoms with van der Waals surface area (Å²) in [6, 6.07) is 12.6. The highest BCUT2D eigenvalue weighted by atomic mass is 16.5. The predicted octanol–water partition coefficient (Wildman–Crippen LogP) is 4.01. The van der Waals surface area contributed by atoms with Gasteiger partial charge in [-0.1, -0.05) is 39.8 Å². The van der Waals surface area contributed by atoms with Crippen LogP contribution in [-0.2, 0) is 10.2 Å². The highest BCUT2D eigenvalue weighted by Crippen LogP contribution is 2.24. The van der Waals surface area contributed by atoms with Crippen LogP contribution in [0.1, 0.15) is 45.2 Å². The molecule has 0 radical (unpaired) electrons. The standard InChI is InChI=1S/C22H28N2O4/c1-5-12-27-19-9-6-16(20(25)13-19)14-23-24-21(26)15-28-18-10-7-17(8-11-18)22(2,3)4/h6-11,13-14,25H,5,12,15H2,1-4H3,(H,24,26). The first-order valence-electron chi connectivity index (χ1n) is 9.30. The van der Waals surface area contributed by atoms with Crippen molar-refractivity contribution in [2.24, 2.45) is 5.10 Å². The topological polar surface area (TPSA) is 80.2 Å². The second kappa shape index (κ2) is 9.78. The van der Waals surface area contributed by atoms with E-state index in [2.05, 4.69) is 31.3 Å². The van der Waals surface area contributed by atoms with Crippen LogP contribution in [0.2, 0.25) is 0 Å². The molecule has 0 atom stereocenters. The van der Waals surface area contributed by atoms with E-state index in [9.17, 15) is 9.90 Å². The third kappa shape index (κ3) is 6.61. The zero-order chi connectivity index (χ0) is 20.6. The summed E-state index contributed by atoms with van der Waals surface area (Å²) < 4.78 is 10.9. The molecule has 6 heteroatoms. The van der Waals surface area contributed by atoms with Crippen LogP contribution in [0.15, 0.2) is 47.6 Å². The number of hydrogen-bond acceptors (Lipinski definition) is 5. The number of carbonyl (C=O) groups is 1. The molecular weight excluding hydrogens is 356 g/mol. The second-order valence-electron chi connectivity index (χ2n) is 7.43. The highest BCUT2D eigenvalue weighted by Gasteiger charge is 2.13. The van der Waals surface area contributed by atoms with E-state index < -0.39 is 5.91 Å². The third-order valence-corrected chi connectivity index (χ3v) is 3.96. The number of amides is 1. The summed E-state index contributed by atoms with van der Waals surface area (Å²) in [7, 11) is 0. The molecule has 0 saturated carbocycles. The fourth-order valence-electron chi connectivity index (χ4n) is 2.35. The Kier molecular flexibility index (Phi) is 7.44. The van der Waals surface area contributed by atoms with E-state index in [0.717, 1.165) is 6.42 Å². The Balaban J connectivity index is 1.82. The number of hydrogen-bond donors (Lipinski definition) is 2. The molecule has 0 aliphatic heterocycles. The van der Waals surface area contributed by atoms with Crippen LogP contribution in [0, 0.1) is 0 Å². The van der Waals surface area contributed by atoms with E-state index in [1.54, 1.807) is 12.1 Å². The minimum Gasteiger partial charge on any atom is -0.507 e. The number of nitrogens with zero attached hydrogens (tertiary/aromatic N) is 1. The number of nitrogens with one attached hydrogen (secondary N) is 1. The molecule has 0 heterocycles. The lowest BCUT2D eigenvalue weighted by Gasteiger charge is -2.19. The number of rotatable bonds is 8. The van der Waals surface area contributed by atoms with E-state index in [4.69, 9.17) is 9.47 Å². The van der Waals surface area contributed by atoms with Crippen molar-refractivity contribution in [1.29, 1.82) is 0 Å². The van der Waals surface area contributed by atoms with E-state index in [1.807, 2.05) is 31.2 Å². The molecule has 2 aromatic rings. The summed E-state index contributed by atoms with van der Waals surface area (Å²) in [6.07, 6.45) is 2.26. The Morgan fingerprint density at radius 3 is 2.39 bits per heavy atom. The van der Waals surface area contributed by atoms with Gasteiger partial charge in [0.1, 0.15) is 17.2 Å². The minimum atomic E-state index is -0.390. The van der Waals surface area contributed by atoms with E-state index in [0.29, 0.717) is 23.7 Å². The van der Waals surface area contributed by atoms with Crippen LogP contribution in [0.3, 0.4) is 0 Å². The van der Waals surface area contributed by atoms with Crippen molar-refractivity contribution in [2.75, 3.05) is 13.2 Å². The summed E-state index contributed by atoms with van der Waals surface area (Å²) >= 11 is 0. The fourth-order valence-corrected chi connectivity index (χ4v) is 2.35. The molecule has 0 saturated heterocycles. The lowest BCUT2D eigenvalue weighted by molar-refractivity contribution is -0.123. The Bertz CT molecular complexity index is 808. The average Bonchev–Trinajstić information content (AvgIpc) is 2.66. The van der Waals surface area contributed by atoms with Gasteiger partial charge in [0.25, 0.3) is 5.91 Å². The first-order chi connectivity index (χ1) is 13.3. The predicted molar refractivity (Wildman–Crippen MR) is 110 cm³/mol. The SMILES string of the molecule is CCCOc1ccc(C=NNC(=O)COc2ccc(C(C)(C)C)cc2)c(O)c1. The molecule has 0 aliphatic rings. The Morgan fingerprint density at radius 1 is 1.11 bits per heavy atom. The molecule has 0 spiro atoms. The number of carbonyl (C=O) groups excluding carboxylic acids is 1. The van der Waals surface area contributed by atoms with Crippen LogP contribution >= 0.6 is 0 Å². The number of phenols is 1. The first-order valence-corrected chi connectivity index (χ1v) is 9.30. The first kappa shape index (κ1) is 21.3. The number of benzene rings is 2. The number of hydrazone groups is 1.